The number of carbonyl (C=O) groups is 1. The molecule has 0 aliphatic heterocycles. The van der Waals surface area contributed by atoms with Crippen LogP contribution in [0.4, 0.5) is 5.69 Å². The molecule has 3 heteroatoms. The predicted molar refractivity (Wildman–Crippen MR) is 95.2 cm³/mol. The minimum absolute atomic E-state index is 0.00993. The summed E-state index contributed by atoms with van der Waals surface area (Å²) in [5.41, 5.74) is 4.34. The lowest BCUT2D eigenvalue weighted by Gasteiger charge is -2.11. The molecule has 0 spiro atoms. The van der Waals surface area contributed by atoms with Crippen molar-refractivity contribution >= 4 is 11.6 Å². The van der Waals surface area contributed by atoms with E-state index in [1.165, 1.54) is 5.56 Å². The van der Waals surface area contributed by atoms with Crippen LogP contribution in [-0.2, 0) is 4.79 Å². The van der Waals surface area contributed by atoms with Gasteiger partial charge in [0.05, 0.1) is 0 Å². The van der Waals surface area contributed by atoms with E-state index < -0.39 is 0 Å². The number of aryl methyl sites for hydroxylation is 2. The van der Waals surface area contributed by atoms with E-state index in [9.17, 15) is 4.79 Å². The number of nitrogens with one attached hydrogen (secondary N) is 1. The van der Waals surface area contributed by atoms with Crippen LogP contribution < -0.4 is 10.1 Å². The molecule has 0 saturated heterocycles. The van der Waals surface area contributed by atoms with Crippen LogP contribution in [-0.4, -0.2) is 12.5 Å². The highest BCUT2D eigenvalue weighted by Gasteiger charge is 2.06. The topological polar surface area (TPSA) is 38.3 Å². The third-order valence-corrected chi connectivity index (χ3v) is 3.94. The van der Waals surface area contributed by atoms with Gasteiger partial charge >= 0.3 is 0 Å². The highest BCUT2D eigenvalue weighted by molar-refractivity contribution is 5.91. The fourth-order valence-electron chi connectivity index (χ4n) is 2.49. The summed E-state index contributed by atoms with van der Waals surface area (Å²) in [6.45, 7) is 8.41. The van der Waals surface area contributed by atoms with E-state index in [4.69, 9.17) is 4.74 Å². The molecule has 3 nitrogen and oxygen atoms in total. The molecule has 1 amide bonds. The second kappa shape index (κ2) is 7.82. The molecule has 122 valence electrons. The molecule has 0 unspecified atom stereocenters. The van der Waals surface area contributed by atoms with Gasteiger partial charge in [0.2, 0.25) is 0 Å². The monoisotopic (exact) mass is 311 g/mol. The number of anilines is 1. The Morgan fingerprint density at radius 1 is 1.09 bits per heavy atom. The standard InChI is InChI=1S/C20H25NO2/c1-5-16(4)17-6-8-18(9-7-17)21-20(22)13-23-19-11-14(2)10-15(3)12-19/h6-12,16H,5,13H2,1-4H3,(H,21,22)/t16-/m0/s1. The van der Waals surface area contributed by atoms with Gasteiger partial charge in [0.1, 0.15) is 5.75 Å². The third kappa shape index (κ3) is 5.13. The Hall–Kier alpha value is -2.29. The molecule has 0 aromatic heterocycles. The van der Waals surface area contributed by atoms with Crippen molar-refractivity contribution in [3.63, 3.8) is 0 Å². The molecule has 1 N–H and O–H groups in total. The van der Waals surface area contributed by atoms with Crippen molar-refractivity contribution in [1.29, 1.82) is 0 Å². The summed E-state index contributed by atoms with van der Waals surface area (Å²) in [6, 6.07) is 13.9. The second-order valence-corrected chi connectivity index (χ2v) is 6.09. The van der Waals surface area contributed by atoms with Crippen LogP contribution in [0.15, 0.2) is 42.5 Å². The lowest BCUT2D eigenvalue weighted by molar-refractivity contribution is -0.118. The lowest BCUT2D eigenvalue weighted by Crippen LogP contribution is -2.20. The average molecular weight is 311 g/mol. The molecule has 0 radical (unpaired) electrons. The summed E-state index contributed by atoms with van der Waals surface area (Å²) in [5, 5.41) is 2.86. The van der Waals surface area contributed by atoms with E-state index in [2.05, 4.69) is 37.4 Å². The Balaban J connectivity index is 1.89. The first kappa shape index (κ1) is 17.1. The Morgan fingerprint density at radius 2 is 1.70 bits per heavy atom. The summed E-state index contributed by atoms with van der Waals surface area (Å²) < 4.78 is 5.57. The van der Waals surface area contributed by atoms with Gasteiger partial charge in [-0.15, -0.1) is 0 Å². The molecule has 0 saturated carbocycles. The van der Waals surface area contributed by atoms with Gasteiger partial charge in [0, 0.05) is 5.69 Å². The minimum atomic E-state index is -0.152. The maximum atomic E-state index is 12.0. The maximum Gasteiger partial charge on any atom is 0.262 e. The SMILES string of the molecule is CC[C@H](C)c1ccc(NC(=O)COc2cc(C)cc(C)c2)cc1. The Labute approximate surface area is 138 Å². The van der Waals surface area contributed by atoms with E-state index in [1.807, 2.05) is 38.1 Å². The number of carbonyl (C=O) groups excluding carboxylic acids is 1. The number of ether oxygens (including phenoxy) is 1. The average Bonchev–Trinajstić information content (AvgIpc) is 2.52. The molecule has 2 rings (SSSR count). The van der Waals surface area contributed by atoms with E-state index in [0.29, 0.717) is 5.92 Å². The first-order chi connectivity index (χ1) is 11.0. The molecule has 0 aliphatic carbocycles. The van der Waals surface area contributed by atoms with Gasteiger partial charge in [-0.05, 0) is 67.1 Å². The zero-order valence-corrected chi connectivity index (χ0v) is 14.3. The van der Waals surface area contributed by atoms with Gasteiger partial charge in [-0.25, -0.2) is 0 Å². The maximum absolute atomic E-state index is 12.0. The molecule has 0 heterocycles. The van der Waals surface area contributed by atoms with Gasteiger partial charge in [-0.1, -0.05) is 32.0 Å². The van der Waals surface area contributed by atoms with Crippen molar-refractivity contribution in [3.05, 3.63) is 59.2 Å². The normalized spacial score (nSPS) is 11.8. The fourth-order valence-corrected chi connectivity index (χ4v) is 2.49. The van der Waals surface area contributed by atoms with Crippen LogP contribution in [0.2, 0.25) is 0 Å². The van der Waals surface area contributed by atoms with Crippen molar-refractivity contribution in [3.8, 4) is 5.75 Å². The van der Waals surface area contributed by atoms with E-state index in [1.54, 1.807) is 0 Å². The van der Waals surface area contributed by atoms with Crippen LogP contribution in [0.1, 0.15) is 42.9 Å². The molecule has 0 aliphatic rings. The Morgan fingerprint density at radius 3 is 2.26 bits per heavy atom. The van der Waals surface area contributed by atoms with Crippen molar-refractivity contribution < 1.29 is 9.53 Å². The minimum Gasteiger partial charge on any atom is -0.484 e. The number of hydrogen-bond donors (Lipinski definition) is 1. The molecular weight excluding hydrogens is 286 g/mol. The van der Waals surface area contributed by atoms with Gasteiger partial charge in [0.15, 0.2) is 6.61 Å². The number of hydrogen-bond acceptors (Lipinski definition) is 2. The Kier molecular flexibility index (Phi) is 5.80. The summed E-state index contributed by atoms with van der Waals surface area (Å²) in [6.07, 6.45) is 1.11. The summed E-state index contributed by atoms with van der Waals surface area (Å²) in [4.78, 5) is 12.0. The Bertz CT molecular complexity index is 642. The van der Waals surface area contributed by atoms with Crippen molar-refractivity contribution in [2.24, 2.45) is 0 Å². The van der Waals surface area contributed by atoms with Gasteiger partial charge in [0.25, 0.3) is 5.91 Å². The third-order valence-electron chi connectivity index (χ3n) is 3.94. The summed E-state index contributed by atoms with van der Waals surface area (Å²) in [5.74, 6) is 1.11. The van der Waals surface area contributed by atoms with Crippen LogP contribution in [0.3, 0.4) is 0 Å². The van der Waals surface area contributed by atoms with E-state index in [-0.39, 0.29) is 12.5 Å². The van der Waals surface area contributed by atoms with Gasteiger partial charge in [-0.3, -0.25) is 4.79 Å². The molecule has 0 bridgehead atoms. The van der Waals surface area contributed by atoms with E-state index >= 15 is 0 Å². The molecule has 23 heavy (non-hydrogen) atoms. The molecule has 0 fully saturated rings. The van der Waals surface area contributed by atoms with Crippen molar-refractivity contribution in [2.45, 2.75) is 40.0 Å². The zero-order chi connectivity index (χ0) is 16.8. The van der Waals surface area contributed by atoms with Crippen LogP contribution in [0, 0.1) is 13.8 Å². The lowest BCUT2D eigenvalue weighted by atomic mass is 9.99. The van der Waals surface area contributed by atoms with Crippen LogP contribution in [0.25, 0.3) is 0 Å². The fraction of sp³-hybridized carbons (Fsp3) is 0.350. The quantitative estimate of drug-likeness (QED) is 0.829. The first-order valence-electron chi connectivity index (χ1n) is 8.09. The largest absolute Gasteiger partial charge is 0.484 e. The molecule has 1 atom stereocenters. The van der Waals surface area contributed by atoms with Crippen LogP contribution >= 0.6 is 0 Å². The number of rotatable bonds is 6. The van der Waals surface area contributed by atoms with E-state index in [0.717, 1.165) is 29.0 Å². The summed E-state index contributed by atoms with van der Waals surface area (Å²) >= 11 is 0. The zero-order valence-electron chi connectivity index (χ0n) is 14.3. The van der Waals surface area contributed by atoms with Crippen molar-refractivity contribution in [2.75, 3.05) is 11.9 Å². The second-order valence-electron chi connectivity index (χ2n) is 6.09. The predicted octanol–water partition coefficient (Wildman–Crippen LogP) is 4.83. The van der Waals surface area contributed by atoms with Crippen LogP contribution in [0.5, 0.6) is 5.75 Å². The smallest absolute Gasteiger partial charge is 0.262 e. The highest BCUT2D eigenvalue weighted by atomic mass is 16.5. The molecular formula is C20H25NO2. The highest BCUT2D eigenvalue weighted by Crippen LogP contribution is 2.20. The molecule has 2 aromatic rings. The number of amides is 1. The first-order valence-corrected chi connectivity index (χ1v) is 8.09. The van der Waals surface area contributed by atoms with Gasteiger partial charge in [-0.2, -0.15) is 0 Å². The number of benzene rings is 2. The molecule has 2 aromatic carbocycles. The summed E-state index contributed by atoms with van der Waals surface area (Å²) in [7, 11) is 0. The van der Waals surface area contributed by atoms with Crippen molar-refractivity contribution in [1.82, 2.24) is 0 Å². The van der Waals surface area contributed by atoms with Gasteiger partial charge < -0.3 is 10.1 Å².